The van der Waals surface area contributed by atoms with E-state index in [1.165, 1.54) is 5.69 Å². The highest BCUT2D eigenvalue weighted by atomic mass is 16.3. The smallest absolute Gasteiger partial charge is 0.0952 e. The van der Waals surface area contributed by atoms with E-state index in [1.54, 1.807) is 0 Å². The van der Waals surface area contributed by atoms with Crippen molar-refractivity contribution < 1.29 is 5.11 Å². The lowest BCUT2D eigenvalue weighted by Crippen LogP contribution is -2.17. The summed E-state index contributed by atoms with van der Waals surface area (Å²) in [6.45, 7) is 7.07. The Bertz CT molecular complexity index is 337. The lowest BCUT2D eigenvalue weighted by molar-refractivity contribution is 0.128. The normalized spacial score (nSPS) is 18.9. The number of hydrogen-bond acceptors (Lipinski definition) is 2. The first-order valence-corrected chi connectivity index (χ1v) is 5.26. The third-order valence-electron chi connectivity index (χ3n) is 2.98. The maximum absolute atomic E-state index is 9.81. The molecule has 78 valence electrons. The Morgan fingerprint density at radius 2 is 2.21 bits per heavy atom. The first-order valence-electron chi connectivity index (χ1n) is 5.26. The largest absolute Gasteiger partial charge is 0.388 e. The molecule has 1 heterocycles. The zero-order valence-corrected chi connectivity index (χ0v) is 9.12. The van der Waals surface area contributed by atoms with Gasteiger partial charge in [-0.2, -0.15) is 0 Å². The van der Waals surface area contributed by atoms with Gasteiger partial charge in [-0.15, -0.1) is 0 Å². The number of imidazole rings is 1. The van der Waals surface area contributed by atoms with Gasteiger partial charge in [0.1, 0.15) is 0 Å². The molecular formula is C11H18N2O. The van der Waals surface area contributed by atoms with Gasteiger partial charge in [0.25, 0.3) is 0 Å². The van der Waals surface area contributed by atoms with Gasteiger partial charge in [0.15, 0.2) is 0 Å². The highest BCUT2D eigenvalue weighted by Crippen LogP contribution is 2.37. The van der Waals surface area contributed by atoms with Crippen molar-refractivity contribution in [2.75, 3.05) is 0 Å². The van der Waals surface area contributed by atoms with Gasteiger partial charge in [-0.3, -0.25) is 0 Å². The molecule has 0 aromatic carbocycles. The predicted octanol–water partition coefficient (Wildman–Crippen LogP) is 1.84. The van der Waals surface area contributed by atoms with Crippen LogP contribution in [0.15, 0.2) is 6.33 Å². The van der Waals surface area contributed by atoms with Crippen LogP contribution in [0, 0.1) is 6.92 Å². The maximum atomic E-state index is 9.81. The van der Waals surface area contributed by atoms with Gasteiger partial charge in [-0.05, 0) is 25.7 Å². The van der Waals surface area contributed by atoms with Crippen LogP contribution in [0.2, 0.25) is 0 Å². The molecule has 0 spiro atoms. The molecule has 0 bridgehead atoms. The van der Waals surface area contributed by atoms with Crippen molar-refractivity contribution >= 4 is 0 Å². The second-order valence-electron chi connectivity index (χ2n) is 4.72. The number of rotatable bonds is 3. The molecule has 1 aromatic heterocycles. The summed E-state index contributed by atoms with van der Waals surface area (Å²) in [5.41, 5.74) is 1.91. The minimum absolute atomic E-state index is 0.431. The van der Waals surface area contributed by atoms with E-state index in [-0.39, 0.29) is 0 Å². The third kappa shape index (κ3) is 1.69. The van der Waals surface area contributed by atoms with E-state index < -0.39 is 5.60 Å². The molecule has 0 atom stereocenters. The number of nitrogens with zero attached hydrogens (tertiary/aromatic N) is 2. The van der Waals surface area contributed by atoms with Gasteiger partial charge >= 0.3 is 0 Å². The fraction of sp³-hybridized carbons (Fsp3) is 0.727. The first kappa shape index (κ1) is 9.71. The van der Waals surface area contributed by atoms with E-state index in [2.05, 4.69) is 30.3 Å². The van der Waals surface area contributed by atoms with E-state index in [1.807, 2.05) is 6.33 Å². The summed E-state index contributed by atoms with van der Waals surface area (Å²) in [6.07, 6.45) is 3.71. The average molecular weight is 194 g/mol. The van der Waals surface area contributed by atoms with Gasteiger partial charge in [0.2, 0.25) is 0 Å². The second kappa shape index (κ2) is 3.09. The Kier molecular flexibility index (Phi) is 2.14. The van der Waals surface area contributed by atoms with E-state index in [0.29, 0.717) is 12.5 Å². The van der Waals surface area contributed by atoms with E-state index >= 15 is 0 Å². The Hall–Kier alpha value is -0.830. The van der Waals surface area contributed by atoms with Crippen LogP contribution in [0.4, 0.5) is 0 Å². The fourth-order valence-corrected chi connectivity index (χ4v) is 1.80. The molecule has 1 saturated carbocycles. The van der Waals surface area contributed by atoms with Gasteiger partial charge < -0.3 is 9.67 Å². The molecular weight excluding hydrogens is 176 g/mol. The summed E-state index contributed by atoms with van der Waals surface area (Å²) in [6, 6.07) is 0. The van der Waals surface area contributed by atoms with Crippen LogP contribution < -0.4 is 0 Å². The van der Waals surface area contributed by atoms with E-state index in [4.69, 9.17) is 0 Å². The highest BCUT2D eigenvalue weighted by molar-refractivity contribution is 5.15. The molecule has 0 saturated heterocycles. The molecule has 1 aliphatic rings. The molecule has 3 heteroatoms. The van der Waals surface area contributed by atoms with Crippen LogP contribution in [0.3, 0.4) is 0 Å². The lowest BCUT2D eigenvalue weighted by Gasteiger charge is -2.11. The fourth-order valence-electron chi connectivity index (χ4n) is 1.80. The van der Waals surface area contributed by atoms with Crippen molar-refractivity contribution in [2.45, 2.75) is 51.7 Å². The minimum atomic E-state index is -0.431. The Balaban J connectivity index is 2.18. The standard InChI is InChI=1S/C11H18N2O/c1-8(2)10-9(3)13(7-12-10)6-11(14)4-5-11/h7-8,14H,4-6H2,1-3H3. The monoisotopic (exact) mass is 194 g/mol. The molecule has 0 amide bonds. The Morgan fingerprint density at radius 1 is 1.57 bits per heavy atom. The first-order chi connectivity index (χ1) is 6.52. The highest BCUT2D eigenvalue weighted by Gasteiger charge is 2.40. The molecule has 1 N–H and O–H groups in total. The van der Waals surface area contributed by atoms with Crippen molar-refractivity contribution in [1.29, 1.82) is 0 Å². The number of aliphatic hydroxyl groups is 1. The molecule has 1 aromatic rings. The molecule has 0 unspecified atom stereocenters. The molecule has 1 aliphatic carbocycles. The summed E-state index contributed by atoms with van der Waals surface area (Å²) < 4.78 is 2.07. The Labute approximate surface area is 84.8 Å². The third-order valence-corrected chi connectivity index (χ3v) is 2.98. The zero-order valence-electron chi connectivity index (χ0n) is 9.12. The van der Waals surface area contributed by atoms with Crippen molar-refractivity contribution in [3.05, 3.63) is 17.7 Å². The number of hydrogen-bond donors (Lipinski definition) is 1. The SMILES string of the molecule is Cc1c(C(C)C)ncn1CC1(O)CC1. The molecule has 0 aliphatic heterocycles. The molecule has 3 nitrogen and oxygen atoms in total. The quantitative estimate of drug-likeness (QED) is 0.797. The van der Waals surface area contributed by atoms with Crippen LogP contribution in [0.5, 0.6) is 0 Å². The van der Waals surface area contributed by atoms with Crippen LogP contribution in [-0.4, -0.2) is 20.3 Å². The summed E-state index contributed by atoms with van der Waals surface area (Å²) >= 11 is 0. The van der Waals surface area contributed by atoms with E-state index in [0.717, 1.165) is 18.5 Å². The molecule has 2 rings (SSSR count). The van der Waals surface area contributed by atoms with Crippen LogP contribution in [0.25, 0.3) is 0 Å². The van der Waals surface area contributed by atoms with Gasteiger partial charge in [-0.1, -0.05) is 13.8 Å². The summed E-state index contributed by atoms with van der Waals surface area (Å²) in [5, 5.41) is 9.81. The molecule has 0 radical (unpaired) electrons. The summed E-state index contributed by atoms with van der Waals surface area (Å²) in [7, 11) is 0. The van der Waals surface area contributed by atoms with Crippen molar-refractivity contribution in [3.8, 4) is 0 Å². The lowest BCUT2D eigenvalue weighted by atomic mass is 10.1. The zero-order chi connectivity index (χ0) is 10.3. The van der Waals surface area contributed by atoms with Gasteiger partial charge in [0, 0.05) is 5.69 Å². The minimum Gasteiger partial charge on any atom is -0.388 e. The van der Waals surface area contributed by atoms with Crippen LogP contribution in [-0.2, 0) is 6.54 Å². The second-order valence-corrected chi connectivity index (χ2v) is 4.72. The van der Waals surface area contributed by atoms with Crippen LogP contribution in [0.1, 0.15) is 44.0 Å². The summed E-state index contributed by atoms with van der Waals surface area (Å²) in [5.74, 6) is 0.463. The van der Waals surface area contributed by atoms with Crippen molar-refractivity contribution in [1.82, 2.24) is 9.55 Å². The van der Waals surface area contributed by atoms with Crippen molar-refractivity contribution in [2.24, 2.45) is 0 Å². The van der Waals surface area contributed by atoms with E-state index in [9.17, 15) is 5.11 Å². The topological polar surface area (TPSA) is 38.0 Å². The molecule has 14 heavy (non-hydrogen) atoms. The van der Waals surface area contributed by atoms with Gasteiger partial charge in [0.05, 0.1) is 24.2 Å². The Morgan fingerprint density at radius 3 is 2.64 bits per heavy atom. The number of aromatic nitrogens is 2. The average Bonchev–Trinajstić information content (AvgIpc) is 2.70. The predicted molar refractivity (Wildman–Crippen MR) is 55.2 cm³/mol. The van der Waals surface area contributed by atoms with Crippen LogP contribution >= 0.6 is 0 Å². The van der Waals surface area contributed by atoms with Crippen molar-refractivity contribution in [3.63, 3.8) is 0 Å². The molecule has 1 fully saturated rings. The van der Waals surface area contributed by atoms with Gasteiger partial charge in [-0.25, -0.2) is 4.98 Å². The maximum Gasteiger partial charge on any atom is 0.0952 e. The summed E-state index contributed by atoms with van der Waals surface area (Å²) in [4.78, 5) is 4.38.